The molecule has 0 spiro atoms. The van der Waals surface area contributed by atoms with Crippen LogP contribution in [0.2, 0.25) is 0 Å². The normalized spacial score (nSPS) is 18.6. The lowest BCUT2D eigenvalue weighted by molar-refractivity contribution is -0.128. The molecule has 8 heteroatoms. The minimum Gasteiger partial charge on any atom is -0.470 e. The first kappa shape index (κ1) is 22.6. The highest BCUT2D eigenvalue weighted by Crippen LogP contribution is 2.36. The van der Waals surface area contributed by atoms with Crippen molar-refractivity contribution in [2.24, 2.45) is 4.99 Å². The van der Waals surface area contributed by atoms with Crippen LogP contribution in [0, 0.1) is 11.6 Å². The monoisotopic (exact) mass is 452 g/mol. The average Bonchev–Trinajstić information content (AvgIpc) is 3.07. The summed E-state index contributed by atoms with van der Waals surface area (Å²) < 4.78 is 34.1. The number of nitrogen functional groups attached to an aromatic ring is 1. The molecule has 33 heavy (non-hydrogen) atoms. The molecule has 4 rings (SSSR count). The van der Waals surface area contributed by atoms with Gasteiger partial charge < -0.3 is 15.4 Å². The summed E-state index contributed by atoms with van der Waals surface area (Å²) in [5.41, 5.74) is 8.50. The molecular weight excluding hydrogens is 426 g/mol. The van der Waals surface area contributed by atoms with Crippen molar-refractivity contribution in [3.8, 4) is 0 Å². The molecule has 1 amide bonds. The van der Waals surface area contributed by atoms with Gasteiger partial charge in [-0.15, -0.1) is 0 Å². The number of likely N-dealkylation sites (tertiary alicyclic amines) is 1. The molecule has 1 saturated heterocycles. The maximum Gasteiger partial charge on any atom is 0.219 e. The van der Waals surface area contributed by atoms with Gasteiger partial charge in [-0.1, -0.05) is 18.7 Å². The van der Waals surface area contributed by atoms with E-state index in [-0.39, 0.29) is 35.7 Å². The number of hydrogen-bond acceptors (Lipinski definition) is 5. The Morgan fingerprint density at radius 1 is 1.27 bits per heavy atom. The number of carbonyl (C=O) groups excluding carboxylic acids is 1. The third-order valence-corrected chi connectivity index (χ3v) is 6.17. The number of aliphatic imine (C=N–C) groups is 1. The number of nitrogens with zero attached hydrogens (tertiary/aromatic N) is 3. The number of nitrogens with two attached hydrogens (primary N) is 1. The molecule has 2 aliphatic rings. The molecule has 3 heterocycles. The Bertz CT molecular complexity index is 1160. The number of ether oxygens (including phenoxy) is 1. The van der Waals surface area contributed by atoms with Crippen molar-refractivity contribution in [2.45, 2.75) is 32.1 Å². The molecular formula is C25H26F2N4O2. The highest BCUT2D eigenvalue weighted by molar-refractivity contribution is 6.15. The van der Waals surface area contributed by atoms with Crippen LogP contribution in [0.25, 0.3) is 11.1 Å². The first-order valence-electron chi connectivity index (χ1n) is 10.9. The number of allylic oxidation sites excluding steroid dienone is 2. The van der Waals surface area contributed by atoms with Crippen LogP contribution in [-0.2, 0) is 9.53 Å². The second kappa shape index (κ2) is 9.52. The zero-order valence-electron chi connectivity index (χ0n) is 18.5. The number of aromatic nitrogens is 1. The Hall–Kier alpha value is -3.55. The number of benzene rings is 1. The number of pyridine rings is 1. The van der Waals surface area contributed by atoms with Crippen LogP contribution in [0.5, 0.6) is 0 Å². The molecule has 0 bridgehead atoms. The third-order valence-electron chi connectivity index (χ3n) is 6.17. The summed E-state index contributed by atoms with van der Waals surface area (Å²) in [6.07, 6.45) is 5.86. The molecule has 1 unspecified atom stereocenters. The molecule has 2 aliphatic heterocycles. The molecule has 0 saturated carbocycles. The van der Waals surface area contributed by atoms with Gasteiger partial charge in [0.1, 0.15) is 11.6 Å². The van der Waals surface area contributed by atoms with Crippen LogP contribution in [0.1, 0.15) is 48.8 Å². The largest absolute Gasteiger partial charge is 0.470 e. The molecule has 2 N–H and O–H groups in total. The van der Waals surface area contributed by atoms with Crippen LogP contribution in [0.3, 0.4) is 0 Å². The number of rotatable bonds is 4. The minimum atomic E-state index is -0.983. The molecule has 6 nitrogen and oxygen atoms in total. The van der Waals surface area contributed by atoms with E-state index in [2.05, 4.69) is 16.6 Å². The number of amides is 1. The Labute approximate surface area is 191 Å². The van der Waals surface area contributed by atoms with Gasteiger partial charge in [0.15, 0.2) is 18.4 Å². The van der Waals surface area contributed by atoms with E-state index in [1.54, 1.807) is 13.1 Å². The molecule has 2 aromatic rings. The zero-order valence-corrected chi connectivity index (χ0v) is 18.5. The summed E-state index contributed by atoms with van der Waals surface area (Å²) in [6, 6.07) is 5.88. The second-order valence-corrected chi connectivity index (χ2v) is 8.24. The Balaban J connectivity index is 1.69. The first-order chi connectivity index (χ1) is 15.9. The van der Waals surface area contributed by atoms with Crippen molar-refractivity contribution in [2.75, 3.05) is 25.6 Å². The van der Waals surface area contributed by atoms with Gasteiger partial charge in [0.25, 0.3) is 0 Å². The Morgan fingerprint density at radius 3 is 2.88 bits per heavy atom. The number of carbonyl (C=O) groups is 1. The summed E-state index contributed by atoms with van der Waals surface area (Å²) in [6.45, 7) is 7.20. The van der Waals surface area contributed by atoms with Crippen molar-refractivity contribution in [1.82, 2.24) is 9.88 Å². The molecule has 1 fully saturated rings. The van der Waals surface area contributed by atoms with Gasteiger partial charge in [0.05, 0.1) is 0 Å². The van der Waals surface area contributed by atoms with Crippen molar-refractivity contribution >= 4 is 29.1 Å². The van der Waals surface area contributed by atoms with E-state index < -0.39 is 11.6 Å². The number of halogens is 2. The van der Waals surface area contributed by atoms with E-state index >= 15 is 0 Å². The van der Waals surface area contributed by atoms with Gasteiger partial charge in [0.2, 0.25) is 5.91 Å². The van der Waals surface area contributed by atoms with Crippen LogP contribution < -0.4 is 5.73 Å². The standard InChI is InChI=1S/C25H26F2N4O2/c1-15(24-21(13-29-14-33-24)19-6-3-7-22(26)23(19)27)20-11-18(12-30-25(20)28)17-5-4-9-31(10-8-17)16(2)32/h3,6-7,11-13,17H,1,4-5,8-10,14H2,2H3,(H2,28,30). The molecule has 172 valence electrons. The van der Waals surface area contributed by atoms with E-state index in [1.807, 2.05) is 11.0 Å². The van der Waals surface area contributed by atoms with Gasteiger partial charge in [-0.05, 0) is 42.9 Å². The highest BCUT2D eigenvalue weighted by Gasteiger charge is 2.25. The van der Waals surface area contributed by atoms with Gasteiger partial charge in [-0.2, -0.15) is 0 Å². The van der Waals surface area contributed by atoms with Crippen molar-refractivity contribution in [1.29, 1.82) is 0 Å². The fourth-order valence-electron chi connectivity index (χ4n) is 4.34. The Morgan fingerprint density at radius 2 is 2.09 bits per heavy atom. The molecule has 1 atom stereocenters. The topological polar surface area (TPSA) is 80.8 Å². The molecule has 0 aliphatic carbocycles. The van der Waals surface area contributed by atoms with E-state index in [1.165, 1.54) is 18.3 Å². The van der Waals surface area contributed by atoms with E-state index in [0.717, 1.165) is 37.4 Å². The number of hydrogen-bond donors (Lipinski definition) is 1. The van der Waals surface area contributed by atoms with Crippen molar-refractivity contribution < 1.29 is 18.3 Å². The Kier molecular flexibility index (Phi) is 6.53. The van der Waals surface area contributed by atoms with Crippen molar-refractivity contribution in [3.05, 3.63) is 71.1 Å². The van der Waals surface area contributed by atoms with Crippen LogP contribution >= 0.6 is 0 Å². The van der Waals surface area contributed by atoms with Crippen LogP contribution in [-0.4, -0.2) is 41.8 Å². The predicted octanol–water partition coefficient (Wildman–Crippen LogP) is 4.54. The molecule has 1 aromatic heterocycles. The maximum absolute atomic E-state index is 14.5. The van der Waals surface area contributed by atoms with Gasteiger partial charge in [-0.3, -0.25) is 9.79 Å². The van der Waals surface area contributed by atoms with Crippen LogP contribution in [0.15, 0.2) is 47.8 Å². The predicted molar refractivity (Wildman–Crippen MR) is 124 cm³/mol. The minimum absolute atomic E-state index is 0.0328. The maximum atomic E-state index is 14.5. The SMILES string of the molecule is C=C(C1=C(c2cccc(F)c2F)C=NCO1)c1cc(C2CCCN(C(C)=O)CC2)cnc1N. The summed E-state index contributed by atoms with van der Waals surface area (Å²) >= 11 is 0. The first-order valence-corrected chi connectivity index (χ1v) is 10.9. The zero-order chi connectivity index (χ0) is 23.5. The lowest BCUT2D eigenvalue weighted by atomic mass is 9.90. The second-order valence-electron chi connectivity index (χ2n) is 8.24. The average molecular weight is 453 g/mol. The van der Waals surface area contributed by atoms with E-state index in [9.17, 15) is 13.6 Å². The third kappa shape index (κ3) is 4.65. The van der Waals surface area contributed by atoms with Crippen LogP contribution in [0.4, 0.5) is 14.6 Å². The van der Waals surface area contributed by atoms with Gasteiger partial charge in [-0.25, -0.2) is 13.8 Å². The smallest absolute Gasteiger partial charge is 0.219 e. The van der Waals surface area contributed by atoms with Gasteiger partial charge in [0, 0.05) is 54.7 Å². The number of anilines is 1. The summed E-state index contributed by atoms with van der Waals surface area (Å²) in [5, 5.41) is 0. The summed E-state index contributed by atoms with van der Waals surface area (Å²) in [7, 11) is 0. The van der Waals surface area contributed by atoms with Crippen molar-refractivity contribution in [3.63, 3.8) is 0 Å². The quantitative estimate of drug-likeness (QED) is 0.739. The summed E-state index contributed by atoms with van der Waals surface area (Å²) in [5.74, 6) is -1.09. The summed E-state index contributed by atoms with van der Waals surface area (Å²) in [4.78, 5) is 22.1. The van der Waals surface area contributed by atoms with Gasteiger partial charge >= 0.3 is 0 Å². The van der Waals surface area contributed by atoms with E-state index in [4.69, 9.17) is 10.5 Å². The van der Waals surface area contributed by atoms with E-state index in [0.29, 0.717) is 23.3 Å². The fraction of sp³-hybridized carbons (Fsp3) is 0.320. The fourth-order valence-corrected chi connectivity index (χ4v) is 4.34. The highest BCUT2D eigenvalue weighted by atomic mass is 19.2. The molecule has 1 aromatic carbocycles. The lowest BCUT2D eigenvalue weighted by Gasteiger charge is -2.22. The molecule has 0 radical (unpaired) electrons. The lowest BCUT2D eigenvalue weighted by Crippen LogP contribution is -2.29.